The standard InChI is InChI=1S/C16H16N2O2/c1-10-6-5-8-12-14(10)17-15(18-16(12)19)11-7-3-4-9-13(11)20-2/h3-9,15,17H,1-2H3,(H,18,19)/t15-/m0/s1. The van der Waals surface area contributed by atoms with Gasteiger partial charge in [-0.15, -0.1) is 0 Å². The topological polar surface area (TPSA) is 50.4 Å². The molecule has 2 aromatic carbocycles. The maximum Gasteiger partial charge on any atom is 0.255 e. The number of hydrogen-bond acceptors (Lipinski definition) is 3. The molecule has 0 unspecified atom stereocenters. The van der Waals surface area contributed by atoms with Crippen LogP contribution >= 0.6 is 0 Å². The molecule has 0 bridgehead atoms. The van der Waals surface area contributed by atoms with Gasteiger partial charge in [-0.25, -0.2) is 0 Å². The van der Waals surface area contributed by atoms with E-state index < -0.39 is 0 Å². The van der Waals surface area contributed by atoms with Crippen LogP contribution < -0.4 is 15.4 Å². The van der Waals surface area contributed by atoms with E-state index >= 15 is 0 Å². The zero-order valence-corrected chi connectivity index (χ0v) is 11.4. The Balaban J connectivity index is 2.03. The molecule has 0 fully saturated rings. The quantitative estimate of drug-likeness (QED) is 0.880. The normalized spacial score (nSPS) is 16.9. The zero-order chi connectivity index (χ0) is 14.1. The van der Waals surface area contributed by atoms with Gasteiger partial charge in [0.05, 0.1) is 18.4 Å². The molecule has 2 N–H and O–H groups in total. The highest BCUT2D eigenvalue weighted by Gasteiger charge is 2.27. The van der Waals surface area contributed by atoms with E-state index in [0.717, 1.165) is 22.6 Å². The molecule has 1 heterocycles. The number of carbonyl (C=O) groups is 1. The van der Waals surface area contributed by atoms with E-state index in [9.17, 15) is 4.79 Å². The third-order valence-electron chi connectivity index (χ3n) is 3.53. The van der Waals surface area contributed by atoms with Crippen LogP contribution in [0.15, 0.2) is 42.5 Å². The molecule has 0 spiro atoms. The van der Waals surface area contributed by atoms with Gasteiger partial charge in [0.25, 0.3) is 5.91 Å². The number of aryl methyl sites for hydroxylation is 1. The lowest BCUT2D eigenvalue weighted by molar-refractivity contribution is 0.0935. The van der Waals surface area contributed by atoms with Crippen LogP contribution in [-0.2, 0) is 0 Å². The van der Waals surface area contributed by atoms with Gasteiger partial charge in [0.15, 0.2) is 0 Å². The highest BCUT2D eigenvalue weighted by atomic mass is 16.5. The summed E-state index contributed by atoms with van der Waals surface area (Å²) in [6.07, 6.45) is -0.285. The highest BCUT2D eigenvalue weighted by Crippen LogP contribution is 2.32. The van der Waals surface area contributed by atoms with Crippen LogP contribution in [0.1, 0.15) is 27.7 Å². The fourth-order valence-corrected chi connectivity index (χ4v) is 2.50. The fraction of sp³-hybridized carbons (Fsp3) is 0.188. The molecule has 102 valence electrons. The first kappa shape index (κ1) is 12.5. The Labute approximate surface area is 117 Å². The smallest absolute Gasteiger partial charge is 0.255 e. The number of carbonyl (C=O) groups excluding carboxylic acids is 1. The van der Waals surface area contributed by atoms with Gasteiger partial charge < -0.3 is 15.4 Å². The third-order valence-corrected chi connectivity index (χ3v) is 3.53. The van der Waals surface area contributed by atoms with Crippen molar-refractivity contribution in [3.8, 4) is 5.75 Å². The van der Waals surface area contributed by atoms with Gasteiger partial charge in [-0.1, -0.05) is 30.3 Å². The number of para-hydroxylation sites is 2. The molecule has 0 radical (unpaired) electrons. The summed E-state index contributed by atoms with van der Waals surface area (Å²) in [6.45, 7) is 1.99. The van der Waals surface area contributed by atoms with E-state index in [4.69, 9.17) is 4.74 Å². The van der Waals surface area contributed by atoms with E-state index in [1.54, 1.807) is 7.11 Å². The van der Waals surface area contributed by atoms with Crippen LogP contribution in [0.25, 0.3) is 0 Å². The molecule has 4 heteroatoms. The van der Waals surface area contributed by atoms with Crippen molar-refractivity contribution >= 4 is 11.6 Å². The van der Waals surface area contributed by atoms with Gasteiger partial charge in [0, 0.05) is 5.56 Å². The predicted octanol–water partition coefficient (Wildman–Crippen LogP) is 2.86. The third kappa shape index (κ3) is 1.99. The Kier molecular flexibility index (Phi) is 3.06. The van der Waals surface area contributed by atoms with Gasteiger partial charge in [-0.3, -0.25) is 4.79 Å². The van der Waals surface area contributed by atoms with Crippen molar-refractivity contribution in [3.63, 3.8) is 0 Å². The van der Waals surface area contributed by atoms with E-state index in [-0.39, 0.29) is 12.1 Å². The molecule has 0 saturated heterocycles. The van der Waals surface area contributed by atoms with E-state index in [0.29, 0.717) is 5.56 Å². The van der Waals surface area contributed by atoms with Crippen LogP contribution in [0.4, 0.5) is 5.69 Å². The summed E-state index contributed by atoms with van der Waals surface area (Å²) in [4.78, 5) is 12.2. The Morgan fingerprint density at radius 3 is 2.65 bits per heavy atom. The number of anilines is 1. The first-order chi connectivity index (χ1) is 9.70. The number of ether oxygens (including phenoxy) is 1. The molecule has 3 rings (SSSR count). The first-order valence-corrected chi connectivity index (χ1v) is 6.50. The van der Waals surface area contributed by atoms with Crippen LogP contribution in [0.5, 0.6) is 5.75 Å². The van der Waals surface area contributed by atoms with E-state index in [1.165, 1.54) is 0 Å². The van der Waals surface area contributed by atoms with Crippen molar-refractivity contribution in [1.29, 1.82) is 0 Å². The summed E-state index contributed by atoms with van der Waals surface area (Å²) in [7, 11) is 1.63. The molecule has 4 nitrogen and oxygen atoms in total. The summed E-state index contributed by atoms with van der Waals surface area (Å²) >= 11 is 0. The Bertz CT molecular complexity index is 667. The number of nitrogens with one attached hydrogen (secondary N) is 2. The molecule has 0 aromatic heterocycles. The maximum absolute atomic E-state index is 12.2. The number of methoxy groups -OCH3 is 1. The lowest BCUT2D eigenvalue weighted by Crippen LogP contribution is -2.38. The van der Waals surface area contributed by atoms with E-state index in [2.05, 4.69) is 10.6 Å². The molecular weight excluding hydrogens is 252 g/mol. The average molecular weight is 268 g/mol. The molecule has 1 atom stereocenters. The molecule has 2 aromatic rings. The van der Waals surface area contributed by atoms with E-state index in [1.807, 2.05) is 49.4 Å². The second kappa shape index (κ2) is 4.89. The monoisotopic (exact) mass is 268 g/mol. The summed E-state index contributed by atoms with van der Waals surface area (Å²) in [5, 5.41) is 6.34. The second-order valence-electron chi connectivity index (χ2n) is 4.79. The first-order valence-electron chi connectivity index (χ1n) is 6.50. The van der Waals surface area contributed by atoms with Crippen molar-refractivity contribution in [3.05, 3.63) is 59.2 Å². The summed E-state index contributed by atoms with van der Waals surface area (Å²) in [5.74, 6) is 0.681. The summed E-state index contributed by atoms with van der Waals surface area (Å²) in [5.41, 5.74) is 3.53. The lowest BCUT2D eigenvalue weighted by Gasteiger charge is -2.30. The van der Waals surface area contributed by atoms with Gasteiger partial charge in [-0.05, 0) is 24.6 Å². The SMILES string of the molecule is COc1ccccc1[C@@H]1NC(=O)c2cccc(C)c2N1. The summed E-state index contributed by atoms with van der Waals surface area (Å²) < 4.78 is 5.36. The average Bonchev–Trinajstić information content (AvgIpc) is 2.48. The van der Waals surface area contributed by atoms with Gasteiger partial charge in [-0.2, -0.15) is 0 Å². The largest absolute Gasteiger partial charge is 0.496 e. The van der Waals surface area contributed by atoms with Gasteiger partial charge >= 0.3 is 0 Å². The minimum atomic E-state index is -0.285. The lowest BCUT2D eigenvalue weighted by atomic mass is 10.0. The molecule has 1 aliphatic heterocycles. The van der Waals surface area contributed by atoms with Gasteiger partial charge in [0.2, 0.25) is 0 Å². The fourth-order valence-electron chi connectivity index (χ4n) is 2.50. The second-order valence-corrected chi connectivity index (χ2v) is 4.79. The molecule has 20 heavy (non-hydrogen) atoms. The molecule has 0 aliphatic carbocycles. The minimum absolute atomic E-state index is 0.0710. The summed E-state index contributed by atoms with van der Waals surface area (Å²) in [6, 6.07) is 13.4. The Morgan fingerprint density at radius 2 is 1.85 bits per heavy atom. The van der Waals surface area contributed by atoms with Crippen LogP contribution in [0.3, 0.4) is 0 Å². The van der Waals surface area contributed by atoms with Crippen molar-refractivity contribution in [2.45, 2.75) is 13.1 Å². The Hall–Kier alpha value is -2.49. The van der Waals surface area contributed by atoms with Crippen molar-refractivity contribution < 1.29 is 9.53 Å². The molecule has 0 saturated carbocycles. The zero-order valence-electron chi connectivity index (χ0n) is 11.4. The number of rotatable bonds is 2. The van der Waals surface area contributed by atoms with Crippen LogP contribution in [-0.4, -0.2) is 13.0 Å². The number of benzene rings is 2. The molecule has 1 aliphatic rings. The Morgan fingerprint density at radius 1 is 1.05 bits per heavy atom. The number of fused-ring (bicyclic) bond motifs is 1. The van der Waals surface area contributed by atoms with Crippen LogP contribution in [0, 0.1) is 6.92 Å². The van der Waals surface area contributed by atoms with Crippen LogP contribution in [0.2, 0.25) is 0 Å². The maximum atomic E-state index is 12.2. The number of hydrogen-bond donors (Lipinski definition) is 2. The minimum Gasteiger partial charge on any atom is -0.496 e. The van der Waals surface area contributed by atoms with Crippen molar-refractivity contribution in [2.24, 2.45) is 0 Å². The predicted molar refractivity (Wildman–Crippen MR) is 78.0 cm³/mol. The van der Waals surface area contributed by atoms with Gasteiger partial charge in [0.1, 0.15) is 11.9 Å². The number of amides is 1. The highest BCUT2D eigenvalue weighted by molar-refractivity contribution is 6.02. The molecule has 1 amide bonds. The van der Waals surface area contributed by atoms with Crippen molar-refractivity contribution in [1.82, 2.24) is 5.32 Å². The van der Waals surface area contributed by atoms with Crippen molar-refractivity contribution in [2.75, 3.05) is 12.4 Å². The molecular formula is C16H16N2O2.